The van der Waals surface area contributed by atoms with Gasteiger partial charge in [-0.3, -0.25) is 0 Å². The van der Waals surface area contributed by atoms with E-state index in [4.69, 9.17) is 11.6 Å². The van der Waals surface area contributed by atoms with Gasteiger partial charge in [-0.05, 0) is 23.1 Å². The van der Waals surface area contributed by atoms with E-state index in [9.17, 15) is 10.0 Å². The molecule has 0 aliphatic carbocycles. The lowest BCUT2D eigenvalue weighted by Crippen LogP contribution is -2.34. The van der Waals surface area contributed by atoms with Crippen molar-refractivity contribution in [3.8, 4) is 11.1 Å². The molecule has 0 atom stereocenters. The summed E-state index contributed by atoms with van der Waals surface area (Å²) in [6, 6.07) is 13.5. The van der Waals surface area contributed by atoms with Gasteiger partial charge in [0.15, 0.2) is 0 Å². The minimum absolute atomic E-state index is 0.403. The van der Waals surface area contributed by atoms with Crippen molar-refractivity contribution >= 4 is 24.2 Å². The van der Waals surface area contributed by atoms with Crippen molar-refractivity contribution in [2.45, 2.75) is 13.3 Å². The molecule has 92 valence electrons. The highest BCUT2D eigenvalue weighted by molar-refractivity contribution is 6.63. The molecule has 0 fully saturated rings. The first-order valence-corrected chi connectivity index (χ1v) is 6.25. The Kier molecular flexibility index (Phi) is 4.07. The maximum atomic E-state index is 9.46. The first-order valence-electron chi connectivity index (χ1n) is 5.88. The Morgan fingerprint density at radius 2 is 1.72 bits per heavy atom. The molecule has 2 nitrogen and oxygen atoms in total. The van der Waals surface area contributed by atoms with Gasteiger partial charge < -0.3 is 10.0 Å². The Morgan fingerprint density at radius 1 is 1.06 bits per heavy atom. The minimum Gasteiger partial charge on any atom is -0.423 e. The van der Waals surface area contributed by atoms with E-state index in [1.165, 1.54) is 0 Å². The smallest absolute Gasteiger partial charge is 0.423 e. The van der Waals surface area contributed by atoms with Gasteiger partial charge in [-0.15, -0.1) is 0 Å². The Labute approximate surface area is 112 Å². The highest BCUT2D eigenvalue weighted by atomic mass is 35.5. The molecular formula is C14H14BClO2. The maximum absolute atomic E-state index is 9.46. The van der Waals surface area contributed by atoms with Crippen molar-refractivity contribution in [1.29, 1.82) is 0 Å². The van der Waals surface area contributed by atoms with E-state index in [2.05, 4.69) is 0 Å². The second kappa shape index (κ2) is 5.57. The van der Waals surface area contributed by atoms with Crippen LogP contribution in [0.4, 0.5) is 0 Å². The van der Waals surface area contributed by atoms with Crippen LogP contribution in [0.5, 0.6) is 0 Å². The molecule has 0 bridgehead atoms. The van der Waals surface area contributed by atoms with Gasteiger partial charge >= 0.3 is 7.12 Å². The van der Waals surface area contributed by atoms with Gasteiger partial charge in [-0.2, -0.15) is 0 Å². The molecule has 2 rings (SSSR count). The SMILES string of the molecule is CCc1ccc(-c2ccccc2)c(Cl)c1B(O)O. The van der Waals surface area contributed by atoms with E-state index in [1.807, 2.05) is 49.4 Å². The van der Waals surface area contributed by atoms with Gasteiger partial charge in [0.05, 0.1) is 0 Å². The standard InChI is InChI=1S/C14H14BClO2/c1-2-10-8-9-12(11-6-4-3-5-7-11)14(16)13(10)15(17)18/h3-9,17-18H,2H2,1H3. The number of halogens is 1. The number of hydrogen-bond acceptors (Lipinski definition) is 2. The maximum Gasteiger partial charge on any atom is 0.490 e. The fraction of sp³-hybridized carbons (Fsp3) is 0.143. The van der Waals surface area contributed by atoms with Crippen LogP contribution in [-0.4, -0.2) is 17.2 Å². The second-order valence-corrected chi connectivity index (χ2v) is 4.47. The molecule has 0 aromatic heterocycles. The average molecular weight is 261 g/mol. The molecule has 2 aromatic rings. The van der Waals surface area contributed by atoms with E-state index < -0.39 is 7.12 Å². The van der Waals surface area contributed by atoms with E-state index in [0.717, 1.165) is 16.7 Å². The fourth-order valence-corrected chi connectivity index (χ4v) is 2.45. The first-order chi connectivity index (χ1) is 8.65. The second-order valence-electron chi connectivity index (χ2n) is 4.09. The minimum atomic E-state index is -1.55. The number of hydrogen-bond donors (Lipinski definition) is 2. The molecule has 18 heavy (non-hydrogen) atoms. The van der Waals surface area contributed by atoms with Crippen LogP contribution in [0.3, 0.4) is 0 Å². The van der Waals surface area contributed by atoms with E-state index in [0.29, 0.717) is 16.9 Å². The van der Waals surface area contributed by atoms with Gasteiger partial charge in [-0.25, -0.2) is 0 Å². The molecule has 0 spiro atoms. The Hall–Kier alpha value is -1.29. The molecular weight excluding hydrogens is 246 g/mol. The predicted molar refractivity (Wildman–Crippen MR) is 76.1 cm³/mol. The van der Waals surface area contributed by atoms with Crippen molar-refractivity contribution in [3.63, 3.8) is 0 Å². The van der Waals surface area contributed by atoms with Crippen LogP contribution in [0.15, 0.2) is 42.5 Å². The summed E-state index contributed by atoms with van der Waals surface area (Å²) in [6.07, 6.45) is 0.710. The van der Waals surface area contributed by atoms with Crippen LogP contribution in [-0.2, 0) is 6.42 Å². The van der Waals surface area contributed by atoms with Crippen molar-refractivity contribution < 1.29 is 10.0 Å². The highest BCUT2D eigenvalue weighted by Crippen LogP contribution is 2.27. The van der Waals surface area contributed by atoms with Gasteiger partial charge in [-0.1, -0.05) is 61.0 Å². The quantitative estimate of drug-likeness (QED) is 0.831. The summed E-state index contributed by atoms with van der Waals surface area (Å²) in [6.45, 7) is 1.96. The number of aryl methyl sites for hydroxylation is 1. The normalized spacial score (nSPS) is 10.4. The third-order valence-corrected chi connectivity index (χ3v) is 3.40. The molecule has 0 saturated heterocycles. The zero-order valence-corrected chi connectivity index (χ0v) is 10.9. The Balaban J connectivity index is 2.61. The molecule has 0 aliphatic rings. The molecule has 0 unspecified atom stereocenters. The molecule has 0 heterocycles. The predicted octanol–water partition coefficient (Wildman–Crippen LogP) is 2.25. The summed E-state index contributed by atoms with van der Waals surface area (Å²) >= 11 is 6.30. The zero-order chi connectivity index (χ0) is 13.1. The molecule has 0 aliphatic heterocycles. The summed E-state index contributed by atoms with van der Waals surface area (Å²) in [5, 5.41) is 19.3. The van der Waals surface area contributed by atoms with Crippen LogP contribution >= 0.6 is 11.6 Å². The summed E-state index contributed by atoms with van der Waals surface area (Å²) < 4.78 is 0. The largest absolute Gasteiger partial charge is 0.490 e. The molecule has 2 N–H and O–H groups in total. The van der Waals surface area contributed by atoms with E-state index in [1.54, 1.807) is 0 Å². The summed E-state index contributed by atoms with van der Waals surface area (Å²) in [4.78, 5) is 0. The monoisotopic (exact) mass is 260 g/mol. The van der Waals surface area contributed by atoms with Crippen molar-refractivity contribution in [1.82, 2.24) is 0 Å². The lowest BCUT2D eigenvalue weighted by atomic mass is 9.75. The van der Waals surface area contributed by atoms with Crippen LogP contribution < -0.4 is 5.46 Å². The zero-order valence-electron chi connectivity index (χ0n) is 10.1. The average Bonchev–Trinajstić information content (AvgIpc) is 2.38. The van der Waals surface area contributed by atoms with Gasteiger partial charge in [0.25, 0.3) is 0 Å². The number of rotatable bonds is 3. The van der Waals surface area contributed by atoms with Gasteiger partial charge in [0.1, 0.15) is 0 Å². The van der Waals surface area contributed by atoms with Crippen LogP contribution in [0, 0.1) is 0 Å². The summed E-state index contributed by atoms with van der Waals surface area (Å²) in [5.41, 5.74) is 3.04. The molecule has 0 radical (unpaired) electrons. The summed E-state index contributed by atoms with van der Waals surface area (Å²) in [5.74, 6) is 0. The van der Waals surface area contributed by atoms with Crippen molar-refractivity contribution in [2.24, 2.45) is 0 Å². The molecule has 0 saturated carbocycles. The van der Waals surface area contributed by atoms with Crippen LogP contribution in [0.2, 0.25) is 5.02 Å². The third kappa shape index (κ3) is 2.44. The molecule has 2 aromatic carbocycles. The summed E-state index contributed by atoms with van der Waals surface area (Å²) in [7, 11) is -1.55. The van der Waals surface area contributed by atoms with E-state index >= 15 is 0 Å². The lowest BCUT2D eigenvalue weighted by molar-refractivity contribution is 0.425. The highest BCUT2D eigenvalue weighted by Gasteiger charge is 2.21. The molecule has 0 amide bonds. The fourth-order valence-electron chi connectivity index (χ4n) is 2.06. The first kappa shape index (κ1) is 13.2. The van der Waals surface area contributed by atoms with Gasteiger partial charge in [0.2, 0.25) is 0 Å². The van der Waals surface area contributed by atoms with Crippen molar-refractivity contribution in [2.75, 3.05) is 0 Å². The third-order valence-electron chi connectivity index (χ3n) is 2.99. The number of benzene rings is 2. The topological polar surface area (TPSA) is 40.5 Å². The van der Waals surface area contributed by atoms with Gasteiger partial charge in [0, 0.05) is 10.5 Å². The van der Waals surface area contributed by atoms with E-state index in [-0.39, 0.29) is 0 Å². The lowest BCUT2D eigenvalue weighted by Gasteiger charge is -2.13. The Bertz CT molecular complexity index is 541. The van der Waals surface area contributed by atoms with Crippen molar-refractivity contribution in [3.05, 3.63) is 53.1 Å². The molecule has 4 heteroatoms. The van der Waals surface area contributed by atoms with Crippen LogP contribution in [0.1, 0.15) is 12.5 Å². The Morgan fingerprint density at radius 3 is 2.28 bits per heavy atom. The van der Waals surface area contributed by atoms with Crippen LogP contribution in [0.25, 0.3) is 11.1 Å².